The fourth-order valence-electron chi connectivity index (χ4n) is 0.661. The zero-order valence-corrected chi connectivity index (χ0v) is 8.05. The smallest absolute Gasteiger partial charge is 0.234 e. The highest BCUT2D eigenvalue weighted by Gasteiger charge is 2.03. The first kappa shape index (κ1) is 11.2. The molecule has 0 spiro atoms. The summed E-state index contributed by atoms with van der Waals surface area (Å²) in [4.78, 5) is 11.1. The molecule has 0 radical (unpaired) electrons. The first-order valence-corrected chi connectivity index (χ1v) is 4.21. The molecule has 0 aliphatic rings. The third-order valence-electron chi connectivity index (χ3n) is 1.41. The Morgan fingerprint density at radius 2 is 2.08 bits per heavy atom. The average molecular weight is 170 g/mol. The minimum absolute atomic E-state index is 0.0103. The minimum Gasteiger partial charge on any atom is -0.349 e. The van der Waals surface area contributed by atoms with E-state index in [-0.39, 0.29) is 11.9 Å². The second-order valence-electron chi connectivity index (χ2n) is 3.13. The number of hydrogen-bond donors (Lipinski definition) is 2. The van der Waals surface area contributed by atoms with E-state index in [1.165, 1.54) is 0 Å². The first-order valence-electron chi connectivity index (χ1n) is 4.21. The summed E-state index contributed by atoms with van der Waals surface area (Å²) < 4.78 is 0. The molecule has 0 aliphatic heterocycles. The number of nitrogens with one attached hydrogen (secondary N) is 2. The molecule has 1 unspecified atom stereocenters. The van der Waals surface area contributed by atoms with Crippen molar-refractivity contribution < 1.29 is 4.79 Å². The van der Waals surface area contributed by atoms with Crippen molar-refractivity contribution in [2.75, 3.05) is 6.54 Å². The highest BCUT2D eigenvalue weighted by atomic mass is 16.1. The maximum absolute atomic E-state index is 11.1. The van der Waals surface area contributed by atoms with Gasteiger partial charge < -0.3 is 10.6 Å². The molecule has 70 valence electrons. The molecule has 0 aromatic rings. The van der Waals surface area contributed by atoms with Crippen LogP contribution < -0.4 is 10.6 Å². The van der Waals surface area contributed by atoms with E-state index >= 15 is 0 Å². The van der Waals surface area contributed by atoms with Crippen molar-refractivity contribution in [3.05, 3.63) is 12.7 Å². The summed E-state index contributed by atoms with van der Waals surface area (Å²) in [5.41, 5.74) is 0. The molecule has 0 fully saturated rings. The van der Waals surface area contributed by atoms with E-state index in [0.29, 0.717) is 12.6 Å². The van der Waals surface area contributed by atoms with Gasteiger partial charge in [0.1, 0.15) is 0 Å². The van der Waals surface area contributed by atoms with Crippen LogP contribution in [0.3, 0.4) is 0 Å². The van der Waals surface area contributed by atoms with Crippen LogP contribution in [0.25, 0.3) is 0 Å². The lowest BCUT2D eigenvalue weighted by Crippen LogP contribution is -2.40. The third kappa shape index (κ3) is 5.92. The summed E-state index contributed by atoms with van der Waals surface area (Å²) >= 11 is 0. The zero-order valence-electron chi connectivity index (χ0n) is 8.05. The van der Waals surface area contributed by atoms with Gasteiger partial charge in [-0.15, -0.1) is 6.58 Å². The Morgan fingerprint density at radius 3 is 2.50 bits per heavy atom. The number of hydrogen-bond acceptors (Lipinski definition) is 2. The van der Waals surface area contributed by atoms with Crippen LogP contribution in [0.4, 0.5) is 0 Å². The zero-order chi connectivity index (χ0) is 9.56. The van der Waals surface area contributed by atoms with Crippen LogP contribution in [0.15, 0.2) is 12.7 Å². The Morgan fingerprint density at radius 1 is 1.50 bits per heavy atom. The molecule has 2 N–H and O–H groups in total. The summed E-state index contributed by atoms with van der Waals surface area (Å²) in [7, 11) is 0. The molecular formula is C9H18N2O. The van der Waals surface area contributed by atoms with Gasteiger partial charge in [-0.3, -0.25) is 4.79 Å². The minimum atomic E-state index is 0.0103. The van der Waals surface area contributed by atoms with Gasteiger partial charge in [-0.05, 0) is 6.92 Å². The van der Waals surface area contributed by atoms with Crippen LogP contribution >= 0.6 is 0 Å². The summed E-state index contributed by atoms with van der Waals surface area (Å²) in [5.74, 6) is 0.0103. The van der Waals surface area contributed by atoms with Crippen molar-refractivity contribution in [1.82, 2.24) is 10.6 Å². The van der Waals surface area contributed by atoms with Crippen LogP contribution in [-0.2, 0) is 4.79 Å². The van der Waals surface area contributed by atoms with Crippen molar-refractivity contribution >= 4 is 5.91 Å². The van der Waals surface area contributed by atoms with Crippen molar-refractivity contribution in [1.29, 1.82) is 0 Å². The van der Waals surface area contributed by atoms with Gasteiger partial charge in [0, 0.05) is 12.1 Å². The van der Waals surface area contributed by atoms with E-state index in [1.807, 2.05) is 20.8 Å². The van der Waals surface area contributed by atoms with Crippen molar-refractivity contribution in [3.8, 4) is 0 Å². The quantitative estimate of drug-likeness (QED) is 0.596. The van der Waals surface area contributed by atoms with Crippen LogP contribution in [0, 0.1) is 0 Å². The third-order valence-corrected chi connectivity index (χ3v) is 1.41. The van der Waals surface area contributed by atoms with E-state index < -0.39 is 0 Å². The number of carbonyl (C=O) groups excluding carboxylic acids is 1. The summed E-state index contributed by atoms with van der Waals surface area (Å²) in [6, 6.07) is 0.390. The lowest BCUT2D eigenvalue weighted by molar-refractivity contribution is -0.120. The molecule has 0 bridgehead atoms. The number of rotatable bonds is 5. The van der Waals surface area contributed by atoms with E-state index in [9.17, 15) is 4.79 Å². The normalized spacial score (nSPS) is 12.7. The average Bonchev–Trinajstić information content (AvgIpc) is 2.00. The molecule has 0 rings (SSSR count). The van der Waals surface area contributed by atoms with Gasteiger partial charge in [0.15, 0.2) is 0 Å². The van der Waals surface area contributed by atoms with Gasteiger partial charge in [-0.2, -0.15) is 0 Å². The van der Waals surface area contributed by atoms with E-state index in [4.69, 9.17) is 0 Å². The molecule has 0 aromatic heterocycles. The summed E-state index contributed by atoms with van der Waals surface area (Å²) in [5, 5.41) is 5.79. The Hall–Kier alpha value is -0.830. The van der Waals surface area contributed by atoms with Crippen LogP contribution in [0.1, 0.15) is 20.8 Å². The monoisotopic (exact) mass is 170 g/mol. The second kappa shape index (κ2) is 5.77. The summed E-state index contributed by atoms with van der Waals surface area (Å²) in [6.07, 6.45) is 1.70. The largest absolute Gasteiger partial charge is 0.349 e. The molecule has 3 heteroatoms. The molecule has 0 saturated heterocycles. The number of amides is 1. The predicted octanol–water partition coefficient (Wildman–Crippen LogP) is 0.675. The molecule has 0 aromatic carbocycles. The Balaban J connectivity index is 3.53. The van der Waals surface area contributed by atoms with Gasteiger partial charge in [0.25, 0.3) is 0 Å². The molecule has 0 aliphatic carbocycles. The van der Waals surface area contributed by atoms with E-state index in [1.54, 1.807) is 6.08 Å². The molecule has 12 heavy (non-hydrogen) atoms. The fraction of sp³-hybridized carbons (Fsp3) is 0.667. The lowest BCUT2D eigenvalue weighted by Gasteiger charge is -2.11. The van der Waals surface area contributed by atoms with Crippen LogP contribution in [-0.4, -0.2) is 24.5 Å². The molecule has 0 heterocycles. The highest BCUT2D eigenvalue weighted by Crippen LogP contribution is 1.81. The SMILES string of the molecule is C=CC(C)NC(=O)CNC(C)C. The van der Waals surface area contributed by atoms with E-state index in [2.05, 4.69) is 17.2 Å². The molecule has 1 amide bonds. The van der Waals surface area contributed by atoms with Crippen LogP contribution in [0.2, 0.25) is 0 Å². The van der Waals surface area contributed by atoms with Gasteiger partial charge >= 0.3 is 0 Å². The van der Waals surface area contributed by atoms with Crippen molar-refractivity contribution in [2.45, 2.75) is 32.9 Å². The maximum Gasteiger partial charge on any atom is 0.234 e. The second-order valence-corrected chi connectivity index (χ2v) is 3.13. The van der Waals surface area contributed by atoms with Gasteiger partial charge in [0.2, 0.25) is 5.91 Å². The molecule has 0 saturated carbocycles. The van der Waals surface area contributed by atoms with E-state index in [0.717, 1.165) is 0 Å². The molecule has 1 atom stereocenters. The maximum atomic E-state index is 11.1. The fourth-order valence-corrected chi connectivity index (χ4v) is 0.661. The Kier molecular flexibility index (Phi) is 5.37. The Labute approximate surface area is 74.2 Å². The van der Waals surface area contributed by atoms with Crippen molar-refractivity contribution in [3.63, 3.8) is 0 Å². The van der Waals surface area contributed by atoms with Gasteiger partial charge in [-0.1, -0.05) is 19.9 Å². The van der Waals surface area contributed by atoms with Crippen LogP contribution in [0.5, 0.6) is 0 Å². The lowest BCUT2D eigenvalue weighted by atomic mass is 10.3. The topological polar surface area (TPSA) is 41.1 Å². The van der Waals surface area contributed by atoms with Crippen molar-refractivity contribution in [2.24, 2.45) is 0 Å². The molecular weight excluding hydrogens is 152 g/mol. The highest BCUT2D eigenvalue weighted by molar-refractivity contribution is 5.78. The standard InChI is InChI=1S/C9H18N2O/c1-5-8(4)11-9(12)6-10-7(2)3/h5,7-8,10H,1,6H2,2-4H3,(H,11,12). The first-order chi connectivity index (χ1) is 5.56. The molecule has 3 nitrogen and oxygen atoms in total. The predicted molar refractivity (Wildman–Crippen MR) is 50.9 cm³/mol. The number of carbonyl (C=O) groups is 1. The summed E-state index contributed by atoms with van der Waals surface area (Å²) in [6.45, 7) is 9.84. The van der Waals surface area contributed by atoms with Gasteiger partial charge in [-0.25, -0.2) is 0 Å². The van der Waals surface area contributed by atoms with Gasteiger partial charge in [0.05, 0.1) is 6.54 Å². The Bertz CT molecular complexity index is 155.